The molecule has 1 aromatic rings. The third kappa shape index (κ3) is 3.97. The van der Waals surface area contributed by atoms with Crippen molar-refractivity contribution in [2.75, 3.05) is 31.2 Å². The first kappa shape index (κ1) is 24.0. The predicted octanol–water partition coefficient (Wildman–Crippen LogP) is 2.49. The summed E-state index contributed by atoms with van der Waals surface area (Å²) < 4.78 is 12.0. The molecule has 1 unspecified atom stereocenters. The number of carbonyl (C=O) groups is 3. The normalized spacial score (nSPS) is 32.0. The number of cyclic esters (lactones) is 1. The Morgan fingerprint density at radius 3 is 2.71 bits per heavy atom. The number of benzene rings is 1. The van der Waals surface area contributed by atoms with Gasteiger partial charge in [-0.2, -0.15) is 0 Å². The van der Waals surface area contributed by atoms with Gasteiger partial charge in [-0.25, -0.2) is 0 Å². The molecule has 5 rings (SSSR count). The maximum atomic E-state index is 14.2. The fourth-order valence-electron chi connectivity index (χ4n) is 5.80. The quantitative estimate of drug-likeness (QED) is 0.366. The first-order valence-electron chi connectivity index (χ1n) is 12.2. The predicted molar refractivity (Wildman–Crippen MR) is 129 cm³/mol. The van der Waals surface area contributed by atoms with E-state index in [4.69, 9.17) is 26.2 Å². The van der Waals surface area contributed by atoms with Gasteiger partial charge in [0.25, 0.3) is 5.91 Å². The molecule has 35 heavy (non-hydrogen) atoms. The average molecular weight is 501 g/mol. The number of esters is 1. The van der Waals surface area contributed by atoms with Gasteiger partial charge in [0.05, 0.1) is 29.3 Å². The van der Waals surface area contributed by atoms with Gasteiger partial charge in [-0.1, -0.05) is 48.0 Å². The standard InChI is InChI=1S/C26H29ClN2O6/c27-17-9-2-3-10-18(17)28-14-8-12-26-21(20-19(35-26)11-4-7-16-34-25(20)33)23(31)29(22(26)24(28)32)13-5-1-6-15-30/h2-4,8-12,19-22,30H,1,5-7,13-16H2/t19-,20+,21+,22?,26+/m1/s1. The molecule has 2 fully saturated rings. The molecule has 0 aromatic heterocycles. The van der Waals surface area contributed by atoms with E-state index in [2.05, 4.69) is 0 Å². The number of para-hydroxylation sites is 1. The van der Waals surface area contributed by atoms with Crippen LogP contribution in [0.25, 0.3) is 0 Å². The van der Waals surface area contributed by atoms with Crippen LogP contribution < -0.4 is 4.90 Å². The summed E-state index contributed by atoms with van der Waals surface area (Å²) in [6.45, 7) is 0.898. The highest BCUT2D eigenvalue weighted by atomic mass is 35.5. The van der Waals surface area contributed by atoms with Crippen LogP contribution in [0.4, 0.5) is 5.69 Å². The Bertz CT molecular complexity index is 1070. The topological polar surface area (TPSA) is 96.4 Å². The van der Waals surface area contributed by atoms with Crippen molar-refractivity contribution in [1.82, 2.24) is 4.90 Å². The van der Waals surface area contributed by atoms with Crippen molar-refractivity contribution in [3.8, 4) is 0 Å². The fourth-order valence-corrected chi connectivity index (χ4v) is 6.04. The largest absolute Gasteiger partial charge is 0.465 e. The van der Waals surface area contributed by atoms with E-state index in [0.29, 0.717) is 42.9 Å². The summed E-state index contributed by atoms with van der Waals surface area (Å²) in [6.07, 6.45) is 9.20. The third-order valence-electron chi connectivity index (χ3n) is 7.32. The maximum Gasteiger partial charge on any atom is 0.312 e. The van der Waals surface area contributed by atoms with Gasteiger partial charge >= 0.3 is 5.97 Å². The van der Waals surface area contributed by atoms with Crippen molar-refractivity contribution in [2.45, 2.75) is 43.4 Å². The smallest absolute Gasteiger partial charge is 0.312 e. The number of nitrogens with zero attached hydrogens (tertiary/aromatic N) is 2. The summed E-state index contributed by atoms with van der Waals surface area (Å²) in [6, 6.07) is 6.15. The number of anilines is 1. The molecule has 1 N–H and O–H groups in total. The van der Waals surface area contributed by atoms with E-state index in [0.717, 1.165) is 0 Å². The van der Waals surface area contributed by atoms with Gasteiger partial charge in [-0.15, -0.1) is 0 Å². The first-order chi connectivity index (χ1) is 17.0. The number of aliphatic hydroxyl groups excluding tert-OH is 1. The number of unbranched alkanes of at least 4 members (excludes halogenated alkanes) is 2. The lowest BCUT2D eigenvalue weighted by molar-refractivity contribution is -0.154. The van der Waals surface area contributed by atoms with Crippen LogP contribution in [0.1, 0.15) is 25.7 Å². The molecule has 4 heterocycles. The molecule has 0 aliphatic carbocycles. The van der Waals surface area contributed by atoms with Crippen LogP contribution in [-0.4, -0.2) is 71.8 Å². The van der Waals surface area contributed by atoms with Crippen LogP contribution in [0, 0.1) is 11.8 Å². The molecule has 9 heteroatoms. The molecular weight excluding hydrogens is 472 g/mol. The minimum absolute atomic E-state index is 0.0664. The highest BCUT2D eigenvalue weighted by Crippen LogP contribution is 2.53. The van der Waals surface area contributed by atoms with Crippen molar-refractivity contribution in [2.24, 2.45) is 11.8 Å². The second-order valence-corrected chi connectivity index (χ2v) is 9.75. The number of carbonyl (C=O) groups excluding carboxylic acids is 3. The van der Waals surface area contributed by atoms with Crippen molar-refractivity contribution in [3.05, 3.63) is 53.6 Å². The summed E-state index contributed by atoms with van der Waals surface area (Å²) in [4.78, 5) is 44.3. The van der Waals surface area contributed by atoms with E-state index in [1.54, 1.807) is 34.1 Å². The van der Waals surface area contributed by atoms with Crippen LogP contribution in [0.2, 0.25) is 5.02 Å². The zero-order chi connectivity index (χ0) is 24.6. The lowest BCUT2D eigenvalue weighted by atomic mass is 9.77. The van der Waals surface area contributed by atoms with Gasteiger partial charge in [0.1, 0.15) is 17.6 Å². The highest BCUT2D eigenvalue weighted by Gasteiger charge is 2.71. The second-order valence-electron chi connectivity index (χ2n) is 9.34. The van der Waals surface area contributed by atoms with E-state index >= 15 is 0 Å². The fraction of sp³-hybridized carbons (Fsp3) is 0.500. The molecule has 1 spiro atoms. The number of likely N-dealkylation sites (tertiary alicyclic amines) is 1. The zero-order valence-corrected chi connectivity index (χ0v) is 20.1. The van der Waals surface area contributed by atoms with Gasteiger partial charge in [-0.05, 0) is 37.8 Å². The highest BCUT2D eigenvalue weighted by molar-refractivity contribution is 6.34. The number of ether oxygens (including phenoxy) is 2. The Kier molecular flexibility index (Phi) is 6.70. The number of amides is 2. The van der Waals surface area contributed by atoms with Crippen LogP contribution in [0.5, 0.6) is 0 Å². The van der Waals surface area contributed by atoms with E-state index in [9.17, 15) is 14.4 Å². The van der Waals surface area contributed by atoms with Crippen LogP contribution in [0.3, 0.4) is 0 Å². The molecule has 5 atom stereocenters. The molecule has 0 radical (unpaired) electrons. The molecule has 0 saturated carbocycles. The Balaban J connectivity index is 1.57. The summed E-state index contributed by atoms with van der Waals surface area (Å²) >= 11 is 6.44. The lowest BCUT2D eigenvalue weighted by Crippen LogP contribution is -2.55. The molecule has 2 amide bonds. The van der Waals surface area contributed by atoms with E-state index in [1.807, 2.05) is 24.3 Å². The van der Waals surface area contributed by atoms with Crippen LogP contribution >= 0.6 is 11.6 Å². The van der Waals surface area contributed by atoms with Crippen molar-refractivity contribution >= 4 is 35.1 Å². The molecule has 186 valence electrons. The molecule has 8 nitrogen and oxygen atoms in total. The number of aliphatic hydroxyl groups is 1. The average Bonchev–Trinajstić information content (AvgIpc) is 3.21. The summed E-state index contributed by atoms with van der Waals surface area (Å²) in [5.74, 6) is -2.74. The lowest BCUT2D eigenvalue weighted by Gasteiger charge is -2.35. The molecule has 0 bridgehead atoms. The minimum Gasteiger partial charge on any atom is -0.465 e. The van der Waals surface area contributed by atoms with Gasteiger partial charge in [0, 0.05) is 19.7 Å². The molecule has 4 aliphatic rings. The Hall–Kier alpha value is -2.68. The van der Waals surface area contributed by atoms with E-state index in [1.165, 1.54) is 0 Å². The van der Waals surface area contributed by atoms with Crippen molar-refractivity contribution in [3.63, 3.8) is 0 Å². The van der Waals surface area contributed by atoms with Gasteiger partial charge in [0.15, 0.2) is 0 Å². The Morgan fingerprint density at radius 1 is 1.09 bits per heavy atom. The Morgan fingerprint density at radius 2 is 1.91 bits per heavy atom. The number of halogens is 1. The molecule has 1 aromatic carbocycles. The third-order valence-corrected chi connectivity index (χ3v) is 7.64. The maximum absolute atomic E-state index is 14.2. The van der Waals surface area contributed by atoms with Crippen molar-refractivity contribution in [1.29, 1.82) is 0 Å². The SMILES string of the molecule is O=C1OCCC=C[C@H]2O[C@]34C=CCN(c5ccccc5Cl)C(=O)C3N(CCCCCO)C(=O)[C@@H]4[C@@H]12. The van der Waals surface area contributed by atoms with Gasteiger partial charge in [0.2, 0.25) is 5.91 Å². The van der Waals surface area contributed by atoms with Gasteiger partial charge in [-0.3, -0.25) is 14.4 Å². The monoisotopic (exact) mass is 500 g/mol. The summed E-state index contributed by atoms with van der Waals surface area (Å²) in [5.41, 5.74) is -0.732. The molecule has 2 saturated heterocycles. The molecular formula is C26H29ClN2O6. The Labute approximate surface area is 209 Å². The second kappa shape index (κ2) is 9.76. The number of hydrogen-bond acceptors (Lipinski definition) is 6. The molecule has 4 aliphatic heterocycles. The van der Waals surface area contributed by atoms with E-state index < -0.39 is 35.6 Å². The van der Waals surface area contributed by atoms with Gasteiger partial charge < -0.3 is 24.4 Å². The van der Waals surface area contributed by atoms with Crippen LogP contribution in [0.15, 0.2) is 48.6 Å². The van der Waals surface area contributed by atoms with Crippen molar-refractivity contribution < 1.29 is 29.0 Å². The van der Waals surface area contributed by atoms with E-state index in [-0.39, 0.29) is 31.6 Å². The number of fused-ring (bicyclic) bond motifs is 2. The minimum atomic E-state index is -1.29. The number of hydrogen-bond donors (Lipinski definition) is 1. The van der Waals surface area contributed by atoms with Crippen LogP contribution in [-0.2, 0) is 23.9 Å². The number of rotatable bonds is 6. The summed E-state index contributed by atoms with van der Waals surface area (Å²) in [5, 5.41) is 9.59. The first-order valence-corrected chi connectivity index (χ1v) is 12.5. The zero-order valence-electron chi connectivity index (χ0n) is 19.3. The summed E-state index contributed by atoms with van der Waals surface area (Å²) in [7, 11) is 0.